The van der Waals surface area contributed by atoms with Gasteiger partial charge >= 0.3 is 0 Å². The van der Waals surface area contributed by atoms with Crippen molar-refractivity contribution in [1.29, 1.82) is 0 Å². The molecule has 9 heteroatoms. The second-order valence-corrected chi connectivity index (χ2v) is 7.13. The van der Waals surface area contributed by atoms with Crippen LogP contribution in [0.2, 0.25) is 0 Å². The lowest BCUT2D eigenvalue weighted by Gasteiger charge is -2.17. The van der Waals surface area contributed by atoms with E-state index in [9.17, 15) is 4.79 Å². The molecule has 1 amide bonds. The van der Waals surface area contributed by atoms with Gasteiger partial charge in [0.05, 0.1) is 18.4 Å². The minimum absolute atomic E-state index is 0.127. The zero-order chi connectivity index (χ0) is 20.6. The number of para-hydroxylation sites is 1. The summed E-state index contributed by atoms with van der Waals surface area (Å²) in [5.74, 6) is 6.62. The number of rotatable bonds is 9. The summed E-state index contributed by atoms with van der Waals surface area (Å²) in [5, 5.41) is 12.7. The van der Waals surface area contributed by atoms with Crippen LogP contribution in [0.5, 0.6) is 5.75 Å². The number of nitrogens with two attached hydrogens (primary N) is 1. The first-order valence-corrected chi connectivity index (χ1v) is 10.2. The van der Waals surface area contributed by atoms with Crippen molar-refractivity contribution in [3.8, 4) is 11.4 Å². The summed E-state index contributed by atoms with van der Waals surface area (Å²) in [6, 6.07) is 17.4. The summed E-state index contributed by atoms with van der Waals surface area (Å²) in [5.41, 5.74) is 4.00. The highest BCUT2D eigenvalue weighted by atomic mass is 32.2. The molecule has 8 nitrogen and oxygen atoms in total. The third-order valence-corrected chi connectivity index (χ3v) is 5.03. The van der Waals surface area contributed by atoms with Crippen LogP contribution in [0.25, 0.3) is 5.69 Å². The number of nitrogens with one attached hydrogen (secondary N) is 2. The maximum absolute atomic E-state index is 11.6. The molecule has 0 fully saturated rings. The second-order valence-electron chi connectivity index (χ2n) is 6.19. The SMILES string of the molecule is CCOc1ccc(NC(C)c2nnc(SCC(=O)NN)n2-c2ccccc2)cc1. The van der Waals surface area contributed by atoms with Crippen LogP contribution < -0.4 is 21.3 Å². The minimum Gasteiger partial charge on any atom is -0.494 e. The van der Waals surface area contributed by atoms with Gasteiger partial charge in [-0.05, 0) is 50.2 Å². The highest BCUT2D eigenvalue weighted by Crippen LogP contribution is 2.27. The van der Waals surface area contributed by atoms with Crippen molar-refractivity contribution >= 4 is 23.4 Å². The van der Waals surface area contributed by atoms with Crippen LogP contribution in [-0.4, -0.2) is 33.0 Å². The molecule has 2 aromatic carbocycles. The maximum Gasteiger partial charge on any atom is 0.244 e. The molecule has 1 unspecified atom stereocenters. The van der Waals surface area contributed by atoms with Gasteiger partial charge in [-0.15, -0.1) is 10.2 Å². The van der Waals surface area contributed by atoms with Gasteiger partial charge in [-0.1, -0.05) is 30.0 Å². The molecular formula is C20H24N6O2S. The number of aromatic nitrogens is 3. The maximum atomic E-state index is 11.6. The lowest BCUT2D eigenvalue weighted by atomic mass is 10.2. The predicted octanol–water partition coefficient (Wildman–Crippen LogP) is 2.92. The fourth-order valence-electron chi connectivity index (χ4n) is 2.78. The Labute approximate surface area is 173 Å². The van der Waals surface area contributed by atoms with E-state index in [0.717, 1.165) is 22.9 Å². The highest BCUT2D eigenvalue weighted by Gasteiger charge is 2.20. The van der Waals surface area contributed by atoms with Gasteiger partial charge in [0.1, 0.15) is 5.75 Å². The molecule has 4 N–H and O–H groups in total. The monoisotopic (exact) mass is 412 g/mol. The number of carbonyl (C=O) groups is 1. The lowest BCUT2D eigenvalue weighted by molar-refractivity contribution is -0.118. The number of nitrogens with zero attached hydrogens (tertiary/aromatic N) is 3. The molecule has 0 aliphatic rings. The zero-order valence-corrected chi connectivity index (χ0v) is 17.1. The van der Waals surface area contributed by atoms with Crippen molar-refractivity contribution in [2.24, 2.45) is 5.84 Å². The molecule has 0 saturated carbocycles. The van der Waals surface area contributed by atoms with Gasteiger partial charge in [-0.3, -0.25) is 14.8 Å². The Morgan fingerprint density at radius 2 is 1.90 bits per heavy atom. The van der Waals surface area contributed by atoms with Crippen LogP contribution in [0.4, 0.5) is 5.69 Å². The summed E-state index contributed by atoms with van der Waals surface area (Å²) in [4.78, 5) is 11.6. The number of amides is 1. The topological polar surface area (TPSA) is 107 Å². The van der Waals surface area contributed by atoms with Gasteiger partial charge < -0.3 is 10.1 Å². The molecule has 29 heavy (non-hydrogen) atoms. The van der Waals surface area contributed by atoms with Gasteiger partial charge in [0, 0.05) is 11.4 Å². The Morgan fingerprint density at radius 1 is 1.17 bits per heavy atom. The van der Waals surface area contributed by atoms with Crippen molar-refractivity contribution < 1.29 is 9.53 Å². The minimum atomic E-state index is -0.278. The summed E-state index contributed by atoms with van der Waals surface area (Å²) in [6.07, 6.45) is 0. The van der Waals surface area contributed by atoms with Gasteiger partial charge in [0.2, 0.25) is 5.91 Å². The standard InChI is InChI=1S/C20H24N6O2S/c1-3-28-17-11-9-15(10-12-17)22-14(2)19-24-25-20(29-13-18(27)23-21)26(19)16-7-5-4-6-8-16/h4-12,14,22H,3,13,21H2,1-2H3,(H,23,27). The number of benzene rings is 2. The number of hydrazine groups is 1. The molecule has 152 valence electrons. The molecule has 1 heterocycles. The molecule has 0 aliphatic carbocycles. The van der Waals surface area contributed by atoms with E-state index < -0.39 is 0 Å². The van der Waals surface area contributed by atoms with Crippen LogP contribution in [0.1, 0.15) is 25.7 Å². The number of hydrogen-bond acceptors (Lipinski definition) is 7. The van der Waals surface area contributed by atoms with Crippen LogP contribution >= 0.6 is 11.8 Å². The van der Waals surface area contributed by atoms with Crippen LogP contribution in [0, 0.1) is 0 Å². The first-order valence-electron chi connectivity index (χ1n) is 9.24. The van der Waals surface area contributed by atoms with Gasteiger partial charge in [0.25, 0.3) is 0 Å². The lowest BCUT2D eigenvalue weighted by Crippen LogP contribution is -2.31. The zero-order valence-electron chi connectivity index (χ0n) is 16.3. The summed E-state index contributed by atoms with van der Waals surface area (Å²) < 4.78 is 7.43. The van der Waals surface area contributed by atoms with E-state index >= 15 is 0 Å². The molecule has 3 rings (SSSR count). The first-order chi connectivity index (χ1) is 14.1. The van der Waals surface area contributed by atoms with E-state index in [-0.39, 0.29) is 17.7 Å². The number of carbonyl (C=O) groups excluding carboxylic acids is 1. The molecule has 1 aromatic heterocycles. The molecule has 0 spiro atoms. The molecular weight excluding hydrogens is 388 g/mol. The number of ether oxygens (including phenoxy) is 1. The number of hydrogen-bond donors (Lipinski definition) is 3. The van der Waals surface area contributed by atoms with Gasteiger partial charge in [-0.25, -0.2) is 5.84 Å². The normalized spacial score (nSPS) is 11.7. The highest BCUT2D eigenvalue weighted by molar-refractivity contribution is 7.99. The van der Waals surface area contributed by atoms with Gasteiger partial charge in [0.15, 0.2) is 11.0 Å². The number of thioether (sulfide) groups is 1. The van der Waals surface area contributed by atoms with E-state index in [1.807, 2.05) is 73.0 Å². The fraction of sp³-hybridized carbons (Fsp3) is 0.250. The molecule has 0 radical (unpaired) electrons. The largest absolute Gasteiger partial charge is 0.494 e. The van der Waals surface area contributed by atoms with Gasteiger partial charge in [-0.2, -0.15) is 0 Å². The van der Waals surface area contributed by atoms with Crippen molar-refractivity contribution in [2.45, 2.75) is 25.0 Å². The molecule has 3 aromatic rings. The molecule has 0 saturated heterocycles. The van der Waals surface area contributed by atoms with E-state index in [2.05, 4.69) is 20.9 Å². The second kappa shape index (κ2) is 9.94. The Hall–Kier alpha value is -3.04. The van der Waals surface area contributed by atoms with E-state index in [1.165, 1.54) is 11.8 Å². The van der Waals surface area contributed by atoms with E-state index in [4.69, 9.17) is 10.6 Å². The molecule has 1 atom stereocenters. The smallest absolute Gasteiger partial charge is 0.244 e. The Kier molecular flexibility index (Phi) is 7.09. The Morgan fingerprint density at radius 3 is 2.55 bits per heavy atom. The van der Waals surface area contributed by atoms with E-state index in [1.54, 1.807) is 0 Å². The van der Waals surface area contributed by atoms with Crippen molar-refractivity contribution in [2.75, 3.05) is 17.7 Å². The van der Waals surface area contributed by atoms with Crippen molar-refractivity contribution in [3.05, 3.63) is 60.4 Å². The quantitative estimate of drug-likeness (QED) is 0.215. The summed E-state index contributed by atoms with van der Waals surface area (Å²) in [6.45, 7) is 4.60. The molecule has 0 aliphatic heterocycles. The average molecular weight is 413 g/mol. The van der Waals surface area contributed by atoms with Crippen molar-refractivity contribution in [3.63, 3.8) is 0 Å². The van der Waals surface area contributed by atoms with E-state index in [0.29, 0.717) is 11.8 Å². The Bertz CT molecular complexity index is 930. The fourth-order valence-corrected chi connectivity index (χ4v) is 3.55. The third-order valence-electron chi connectivity index (χ3n) is 4.10. The van der Waals surface area contributed by atoms with Crippen molar-refractivity contribution in [1.82, 2.24) is 20.2 Å². The average Bonchev–Trinajstić information content (AvgIpc) is 3.18. The Balaban J connectivity index is 1.85. The summed E-state index contributed by atoms with van der Waals surface area (Å²) in [7, 11) is 0. The number of anilines is 1. The van der Waals surface area contributed by atoms with Crippen LogP contribution in [0.15, 0.2) is 59.8 Å². The van der Waals surface area contributed by atoms with Crippen LogP contribution in [-0.2, 0) is 4.79 Å². The summed E-state index contributed by atoms with van der Waals surface area (Å²) >= 11 is 1.28. The van der Waals surface area contributed by atoms with Crippen LogP contribution in [0.3, 0.4) is 0 Å². The molecule has 0 bridgehead atoms. The first kappa shape index (κ1) is 20.7. The predicted molar refractivity (Wildman–Crippen MR) is 114 cm³/mol. The third kappa shape index (κ3) is 5.27.